The van der Waals surface area contributed by atoms with Crippen LogP contribution in [0.1, 0.15) is 12.5 Å². The first-order valence-corrected chi connectivity index (χ1v) is 8.61. The number of carbonyl (C=O) groups is 1. The van der Waals surface area contributed by atoms with Gasteiger partial charge >= 0.3 is 6.09 Å². The van der Waals surface area contributed by atoms with Gasteiger partial charge < -0.3 is 9.84 Å². The Bertz CT molecular complexity index is 1130. The van der Waals surface area contributed by atoms with Gasteiger partial charge in [-0.15, -0.1) is 0 Å². The van der Waals surface area contributed by atoms with E-state index in [1.807, 2.05) is 61.5 Å². The summed E-state index contributed by atoms with van der Waals surface area (Å²) in [6, 6.07) is 19.2. The number of para-hydroxylation sites is 1. The summed E-state index contributed by atoms with van der Waals surface area (Å²) in [5.74, 6) is 0.211. The molecule has 4 aromatic rings. The van der Waals surface area contributed by atoms with Crippen LogP contribution < -0.4 is 0 Å². The Kier molecular flexibility index (Phi) is 3.88. The van der Waals surface area contributed by atoms with Crippen molar-refractivity contribution in [2.45, 2.75) is 13.8 Å². The van der Waals surface area contributed by atoms with Crippen molar-refractivity contribution in [3.63, 3.8) is 0 Å². The molecule has 1 aromatic heterocycles. The standard InChI is InChI=1S/C22H19NO3/c1-3-26-22(25)23-18-12-8-7-11-16(18)17-13-19(24)14(2)20(21(17)23)15-9-5-4-6-10-15/h4-13,24H,3H2,1-2H3. The Labute approximate surface area is 151 Å². The maximum absolute atomic E-state index is 12.8. The first-order valence-electron chi connectivity index (χ1n) is 8.61. The minimum absolute atomic E-state index is 0.211. The van der Waals surface area contributed by atoms with Crippen LogP contribution in [0.4, 0.5) is 4.79 Å². The summed E-state index contributed by atoms with van der Waals surface area (Å²) in [7, 11) is 0. The second kappa shape index (κ2) is 6.23. The second-order valence-electron chi connectivity index (χ2n) is 6.21. The molecule has 130 valence electrons. The lowest BCUT2D eigenvalue weighted by Gasteiger charge is -2.13. The molecule has 0 unspecified atom stereocenters. The van der Waals surface area contributed by atoms with Crippen molar-refractivity contribution < 1.29 is 14.6 Å². The number of hydrogen-bond acceptors (Lipinski definition) is 3. The summed E-state index contributed by atoms with van der Waals surface area (Å²) >= 11 is 0. The molecule has 1 heterocycles. The topological polar surface area (TPSA) is 51.5 Å². The molecule has 3 aromatic carbocycles. The summed E-state index contributed by atoms with van der Waals surface area (Å²) in [5.41, 5.74) is 4.04. The lowest BCUT2D eigenvalue weighted by molar-refractivity contribution is 0.156. The Hall–Kier alpha value is -3.27. The van der Waals surface area contributed by atoms with Crippen LogP contribution in [0.15, 0.2) is 60.7 Å². The van der Waals surface area contributed by atoms with E-state index in [4.69, 9.17) is 4.74 Å². The zero-order valence-electron chi connectivity index (χ0n) is 14.7. The van der Waals surface area contributed by atoms with Crippen LogP contribution >= 0.6 is 0 Å². The van der Waals surface area contributed by atoms with Gasteiger partial charge in [0.1, 0.15) is 5.75 Å². The summed E-state index contributed by atoms with van der Waals surface area (Å²) < 4.78 is 6.94. The molecule has 0 fully saturated rings. The van der Waals surface area contributed by atoms with E-state index in [-0.39, 0.29) is 5.75 Å². The lowest BCUT2D eigenvalue weighted by Crippen LogP contribution is -2.13. The van der Waals surface area contributed by atoms with Crippen molar-refractivity contribution in [2.75, 3.05) is 6.61 Å². The van der Waals surface area contributed by atoms with Gasteiger partial charge in [0, 0.05) is 21.9 Å². The van der Waals surface area contributed by atoms with Crippen molar-refractivity contribution in [3.8, 4) is 16.9 Å². The molecule has 0 aliphatic heterocycles. The van der Waals surface area contributed by atoms with Gasteiger partial charge in [-0.3, -0.25) is 0 Å². The fraction of sp³-hybridized carbons (Fsp3) is 0.136. The molecule has 4 heteroatoms. The molecule has 0 aliphatic carbocycles. The summed E-state index contributed by atoms with van der Waals surface area (Å²) in [4.78, 5) is 12.8. The van der Waals surface area contributed by atoms with Crippen LogP contribution in [0.5, 0.6) is 5.75 Å². The number of hydrogen-bond donors (Lipinski definition) is 1. The SMILES string of the molecule is CCOC(=O)n1c2ccccc2c2cc(O)c(C)c(-c3ccccc3)c21. The highest BCUT2D eigenvalue weighted by Gasteiger charge is 2.23. The molecule has 0 bridgehead atoms. The molecule has 0 saturated carbocycles. The molecule has 0 spiro atoms. The molecule has 0 atom stereocenters. The van der Waals surface area contributed by atoms with Gasteiger partial charge in [-0.05, 0) is 31.5 Å². The van der Waals surface area contributed by atoms with Gasteiger partial charge in [-0.1, -0.05) is 48.5 Å². The predicted octanol–water partition coefficient (Wildman–Crippen LogP) is 5.48. The van der Waals surface area contributed by atoms with Crippen molar-refractivity contribution in [2.24, 2.45) is 0 Å². The normalized spacial score (nSPS) is 11.2. The summed E-state index contributed by atoms with van der Waals surface area (Å²) in [6.45, 7) is 3.95. The van der Waals surface area contributed by atoms with Crippen molar-refractivity contribution in [3.05, 3.63) is 66.2 Å². The van der Waals surface area contributed by atoms with Gasteiger partial charge in [0.05, 0.1) is 17.6 Å². The first kappa shape index (κ1) is 16.2. The maximum Gasteiger partial charge on any atom is 0.418 e. The Morgan fingerprint density at radius 2 is 1.73 bits per heavy atom. The van der Waals surface area contributed by atoms with Gasteiger partial charge in [-0.25, -0.2) is 9.36 Å². The van der Waals surface area contributed by atoms with Gasteiger partial charge in [0.2, 0.25) is 0 Å². The number of ether oxygens (including phenoxy) is 1. The zero-order chi connectivity index (χ0) is 18.3. The largest absolute Gasteiger partial charge is 0.508 e. The summed E-state index contributed by atoms with van der Waals surface area (Å²) in [5, 5.41) is 12.3. The van der Waals surface area contributed by atoms with E-state index in [1.54, 1.807) is 17.6 Å². The molecule has 0 radical (unpaired) electrons. The minimum Gasteiger partial charge on any atom is -0.508 e. The molecule has 0 saturated heterocycles. The number of phenols is 1. The minimum atomic E-state index is -0.416. The second-order valence-corrected chi connectivity index (χ2v) is 6.21. The van der Waals surface area contributed by atoms with Crippen LogP contribution in [0.2, 0.25) is 0 Å². The third-order valence-corrected chi connectivity index (χ3v) is 4.70. The van der Waals surface area contributed by atoms with Gasteiger partial charge in [0.25, 0.3) is 0 Å². The monoisotopic (exact) mass is 345 g/mol. The highest BCUT2D eigenvalue weighted by Crippen LogP contribution is 2.41. The van der Waals surface area contributed by atoms with E-state index < -0.39 is 6.09 Å². The smallest absolute Gasteiger partial charge is 0.418 e. The van der Waals surface area contributed by atoms with Crippen LogP contribution in [0.25, 0.3) is 32.9 Å². The number of nitrogens with zero attached hydrogens (tertiary/aromatic N) is 1. The fourth-order valence-corrected chi connectivity index (χ4v) is 3.54. The average molecular weight is 345 g/mol. The van der Waals surface area contributed by atoms with E-state index in [0.717, 1.165) is 38.5 Å². The average Bonchev–Trinajstić information content (AvgIpc) is 2.97. The first-order chi connectivity index (χ1) is 12.6. The van der Waals surface area contributed by atoms with E-state index in [0.29, 0.717) is 6.61 Å². The Balaban J connectivity index is 2.23. The van der Waals surface area contributed by atoms with Gasteiger partial charge in [-0.2, -0.15) is 0 Å². The summed E-state index contributed by atoms with van der Waals surface area (Å²) in [6.07, 6.45) is -0.416. The van der Waals surface area contributed by atoms with E-state index in [1.165, 1.54) is 0 Å². The van der Waals surface area contributed by atoms with E-state index in [2.05, 4.69) is 0 Å². The molecule has 4 nitrogen and oxygen atoms in total. The highest BCUT2D eigenvalue weighted by atomic mass is 16.5. The zero-order valence-corrected chi connectivity index (χ0v) is 14.7. The molecule has 26 heavy (non-hydrogen) atoms. The van der Waals surface area contributed by atoms with Crippen LogP contribution in [0.3, 0.4) is 0 Å². The molecule has 1 N–H and O–H groups in total. The maximum atomic E-state index is 12.8. The number of carbonyl (C=O) groups excluding carboxylic acids is 1. The Morgan fingerprint density at radius 1 is 1.04 bits per heavy atom. The Morgan fingerprint density at radius 3 is 2.46 bits per heavy atom. The van der Waals surface area contributed by atoms with E-state index in [9.17, 15) is 9.90 Å². The molecular formula is C22H19NO3. The van der Waals surface area contributed by atoms with E-state index >= 15 is 0 Å². The third kappa shape index (κ3) is 2.34. The molecule has 0 amide bonds. The van der Waals surface area contributed by atoms with Crippen molar-refractivity contribution in [1.82, 2.24) is 4.57 Å². The molecular weight excluding hydrogens is 326 g/mol. The molecule has 4 rings (SSSR count). The number of rotatable bonds is 2. The van der Waals surface area contributed by atoms with Crippen molar-refractivity contribution in [1.29, 1.82) is 0 Å². The van der Waals surface area contributed by atoms with Crippen LogP contribution in [-0.4, -0.2) is 22.4 Å². The number of aromatic hydroxyl groups is 1. The fourth-order valence-electron chi connectivity index (χ4n) is 3.54. The molecule has 0 aliphatic rings. The predicted molar refractivity (Wildman–Crippen MR) is 104 cm³/mol. The van der Waals surface area contributed by atoms with Crippen LogP contribution in [-0.2, 0) is 4.74 Å². The third-order valence-electron chi connectivity index (χ3n) is 4.70. The lowest BCUT2D eigenvalue weighted by atomic mass is 9.96. The van der Waals surface area contributed by atoms with Gasteiger partial charge in [0.15, 0.2) is 0 Å². The highest BCUT2D eigenvalue weighted by molar-refractivity contribution is 6.17. The number of benzene rings is 3. The number of aromatic nitrogens is 1. The van der Waals surface area contributed by atoms with Crippen molar-refractivity contribution >= 4 is 27.9 Å². The number of phenolic OH excluding ortho intramolecular Hbond substituents is 1. The number of fused-ring (bicyclic) bond motifs is 3. The van der Waals surface area contributed by atoms with Crippen LogP contribution in [0, 0.1) is 6.92 Å². The quantitative estimate of drug-likeness (QED) is 0.523.